The standard InChI is InChI=1S/C27H44N4O11/c1-11-37-21(34)16-12-15(18(28-14(2)32)20(39-16)19(33)17-13-38-27(9,10)40-17)29-22(30-23(35)41-25(3,4)5)31-24(36)42-26(6,7)8/h12,15,17-20,33H,11,13H2,1-10H3,(H,28,32)(H2,29,30,31,35,36)/t15-,17+,18+,19+,20+/m0/s1. The molecule has 2 aliphatic heterocycles. The van der Waals surface area contributed by atoms with Crippen LogP contribution in [0.5, 0.6) is 0 Å². The van der Waals surface area contributed by atoms with Crippen molar-refractivity contribution in [2.75, 3.05) is 13.2 Å². The molecule has 0 bridgehead atoms. The van der Waals surface area contributed by atoms with Crippen LogP contribution in [-0.4, -0.2) is 95.7 Å². The minimum absolute atomic E-state index is 0.00114. The molecule has 15 nitrogen and oxygen atoms in total. The highest BCUT2D eigenvalue weighted by atomic mass is 16.7. The number of amides is 3. The van der Waals surface area contributed by atoms with Crippen molar-refractivity contribution in [3.63, 3.8) is 0 Å². The zero-order valence-electron chi connectivity index (χ0n) is 25.9. The SMILES string of the molecule is CCOC(=O)C1=C[C@H](N=C(NC(=O)OC(C)(C)C)NC(=O)OC(C)(C)C)[C@@H](NC(C)=O)[C@H]([C@H](O)[C@H]2COC(C)(C)O2)O1. The van der Waals surface area contributed by atoms with Crippen molar-refractivity contribution in [3.8, 4) is 0 Å². The first-order chi connectivity index (χ1) is 19.2. The smallest absolute Gasteiger partial charge is 0.414 e. The molecule has 0 unspecified atom stereocenters. The Labute approximate surface area is 245 Å². The van der Waals surface area contributed by atoms with Crippen LogP contribution in [-0.2, 0) is 38.0 Å². The van der Waals surface area contributed by atoms with E-state index in [4.69, 9.17) is 28.4 Å². The van der Waals surface area contributed by atoms with Gasteiger partial charge in [0, 0.05) is 6.92 Å². The summed E-state index contributed by atoms with van der Waals surface area (Å²) in [6.45, 7) is 16.1. The molecule has 4 N–H and O–H groups in total. The number of aliphatic hydroxyl groups excluding tert-OH is 1. The van der Waals surface area contributed by atoms with E-state index in [-0.39, 0.29) is 19.0 Å². The molecule has 0 aromatic heterocycles. The van der Waals surface area contributed by atoms with E-state index in [0.717, 1.165) is 0 Å². The normalized spacial score (nSPS) is 24.2. The van der Waals surface area contributed by atoms with Crippen LogP contribution in [0.3, 0.4) is 0 Å². The Morgan fingerprint density at radius 3 is 2.05 bits per heavy atom. The number of esters is 1. The van der Waals surface area contributed by atoms with E-state index in [1.807, 2.05) is 0 Å². The highest BCUT2D eigenvalue weighted by Gasteiger charge is 2.48. The molecular formula is C27H44N4O11. The summed E-state index contributed by atoms with van der Waals surface area (Å²) in [7, 11) is 0. The molecule has 1 saturated heterocycles. The number of ether oxygens (including phenoxy) is 6. The lowest BCUT2D eigenvalue weighted by molar-refractivity contribution is -0.169. The summed E-state index contributed by atoms with van der Waals surface area (Å²) in [5, 5.41) is 18.7. The number of hydrogen-bond acceptors (Lipinski definition) is 12. The van der Waals surface area contributed by atoms with Crippen LogP contribution >= 0.6 is 0 Å². The maximum Gasteiger partial charge on any atom is 0.414 e. The number of nitrogens with one attached hydrogen (secondary N) is 3. The van der Waals surface area contributed by atoms with Gasteiger partial charge in [-0.15, -0.1) is 0 Å². The highest BCUT2D eigenvalue weighted by Crippen LogP contribution is 2.31. The Bertz CT molecular complexity index is 1040. The summed E-state index contributed by atoms with van der Waals surface area (Å²) in [5.74, 6) is -3.11. The van der Waals surface area contributed by atoms with E-state index in [1.54, 1.807) is 62.3 Å². The van der Waals surface area contributed by atoms with Gasteiger partial charge in [-0.3, -0.25) is 15.4 Å². The summed E-state index contributed by atoms with van der Waals surface area (Å²) in [5.41, 5.74) is -1.77. The number of carbonyl (C=O) groups excluding carboxylic acids is 4. The fourth-order valence-corrected chi connectivity index (χ4v) is 3.97. The van der Waals surface area contributed by atoms with Crippen LogP contribution in [0.25, 0.3) is 0 Å². The Morgan fingerprint density at radius 2 is 1.62 bits per heavy atom. The lowest BCUT2D eigenvalue weighted by Crippen LogP contribution is -2.60. The number of alkyl carbamates (subject to hydrolysis) is 2. The lowest BCUT2D eigenvalue weighted by Gasteiger charge is -2.39. The largest absolute Gasteiger partial charge is 0.478 e. The molecular weight excluding hydrogens is 556 g/mol. The van der Waals surface area contributed by atoms with E-state index in [1.165, 1.54) is 13.0 Å². The van der Waals surface area contributed by atoms with E-state index >= 15 is 0 Å². The van der Waals surface area contributed by atoms with Gasteiger partial charge in [0.2, 0.25) is 17.6 Å². The van der Waals surface area contributed by atoms with Crippen LogP contribution in [0, 0.1) is 0 Å². The fraction of sp³-hybridized carbons (Fsp3) is 0.741. The summed E-state index contributed by atoms with van der Waals surface area (Å²) >= 11 is 0. The summed E-state index contributed by atoms with van der Waals surface area (Å²) < 4.78 is 32.9. The van der Waals surface area contributed by atoms with Crippen molar-refractivity contribution in [2.24, 2.45) is 4.99 Å². The molecule has 2 heterocycles. The highest BCUT2D eigenvalue weighted by molar-refractivity contribution is 6.01. The van der Waals surface area contributed by atoms with Gasteiger partial charge in [0.15, 0.2) is 5.79 Å². The number of aliphatic hydroxyl groups is 1. The average Bonchev–Trinajstić information content (AvgIpc) is 3.16. The molecule has 0 aromatic carbocycles. The van der Waals surface area contributed by atoms with Crippen LogP contribution < -0.4 is 16.0 Å². The van der Waals surface area contributed by atoms with E-state index in [9.17, 15) is 24.3 Å². The van der Waals surface area contributed by atoms with Gasteiger partial charge >= 0.3 is 18.2 Å². The molecule has 238 valence electrons. The molecule has 42 heavy (non-hydrogen) atoms. The van der Waals surface area contributed by atoms with Crippen molar-refractivity contribution < 1.29 is 52.7 Å². The number of carbonyl (C=O) groups is 4. The molecule has 0 radical (unpaired) electrons. The summed E-state index contributed by atoms with van der Waals surface area (Å²) in [6.07, 6.45) is -4.30. The van der Waals surface area contributed by atoms with E-state index in [0.29, 0.717) is 0 Å². The molecule has 1 fully saturated rings. The topological polar surface area (TPSA) is 192 Å². The summed E-state index contributed by atoms with van der Waals surface area (Å²) in [4.78, 5) is 54.7. The molecule has 0 spiro atoms. The number of aliphatic imine (C=N–C) groups is 1. The van der Waals surface area contributed by atoms with Crippen molar-refractivity contribution >= 4 is 30.0 Å². The van der Waals surface area contributed by atoms with Crippen LogP contribution in [0.15, 0.2) is 16.8 Å². The minimum atomic E-state index is -1.43. The third-order valence-electron chi connectivity index (χ3n) is 5.42. The maximum atomic E-state index is 12.8. The number of nitrogens with zero attached hydrogens (tertiary/aromatic N) is 1. The predicted molar refractivity (Wildman–Crippen MR) is 148 cm³/mol. The molecule has 15 heteroatoms. The second-order valence-corrected chi connectivity index (χ2v) is 12.1. The van der Waals surface area contributed by atoms with Gasteiger partial charge in [0.25, 0.3) is 0 Å². The molecule has 0 aliphatic carbocycles. The second-order valence-electron chi connectivity index (χ2n) is 12.1. The minimum Gasteiger partial charge on any atom is -0.478 e. The first kappa shape index (κ1) is 34.8. The van der Waals surface area contributed by atoms with Crippen LogP contribution in [0.1, 0.15) is 69.2 Å². The van der Waals surface area contributed by atoms with Gasteiger partial charge in [-0.25, -0.2) is 19.4 Å². The number of guanidine groups is 1. The van der Waals surface area contributed by atoms with E-state index < -0.39 is 77.4 Å². The molecule has 0 saturated carbocycles. The molecule has 2 rings (SSSR count). The monoisotopic (exact) mass is 600 g/mol. The number of hydrogen-bond donors (Lipinski definition) is 4. The Balaban J connectivity index is 2.59. The Hall–Kier alpha value is -3.43. The fourth-order valence-electron chi connectivity index (χ4n) is 3.97. The zero-order chi connectivity index (χ0) is 32.0. The maximum absolute atomic E-state index is 12.8. The van der Waals surface area contributed by atoms with Crippen molar-refractivity contribution in [1.82, 2.24) is 16.0 Å². The molecule has 5 atom stereocenters. The average molecular weight is 601 g/mol. The van der Waals surface area contributed by atoms with Gasteiger partial charge in [0.05, 0.1) is 25.3 Å². The van der Waals surface area contributed by atoms with Gasteiger partial charge in [-0.2, -0.15) is 0 Å². The quantitative estimate of drug-likeness (QED) is 0.150. The Kier molecular flexibility index (Phi) is 11.3. The molecule has 2 aliphatic rings. The lowest BCUT2D eigenvalue weighted by atomic mass is 9.92. The van der Waals surface area contributed by atoms with E-state index in [2.05, 4.69) is 20.9 Å². The first-order valence-electron chi connectivity index (χ1n) is 13.6. The molecule has 0 aromatic rings. The first-order valence-corrected chi connectivity index (χ1v) is 13.6. The third-order valence-corrected chi connectivity index (χ3v) is 5.42. The summed E-state index contributed by atoms with van der Waals surface area (Å²) in [6, 6.07) is -2.32. The zero-order valence-corrected chi connectivity index (χ0v) is 25.9. The Morgan fingerprint density at radius 1 is 1.07 bits per heavy atom. The predicted octanol–water partition coefficient (Wildman–Crippen LogP) is 1.62. The van der Waals surface area contributed by atoms with Gasteiger partial charge in [-0.1, -0.05) is 0 Å². The van der Waals surface area contributed by atoms with Crippen LogP contribution in [0.4, 0.5) is 9.59 Å². The van der Waals surface area contributed by atoms with Crippen molar-refractivity contribution in [3.05, 3.63) is 11.8 Å². The van der Waals surface area contributed by atoms with Gasteiger partial charge < -0.3 is 38.8 Å². The van der Waals surface area contributed by atoms with Gasteiger partial charge in [0.1, 0.15) is 29.5 Å². The van der Waals surface area contributed by atoms with Gasteiger partial charge in [-0.05, 0) is 68.4 Å². The van der Waals surface area contributed by atoms with Crippen LogP contribution in [0.2, 0.25) is 0 Å². The van der Waals surface area contributed by atoms with Crippen molar-refractivity contribution in [2.45, 2.75) is 117 Å². The number of rotatable bonds is 6. The second kappa shape index (κ2) is 13.7. The van der Waals surface area contributed by atoms with Crippen molar-refractivity contribution in [1.29, 1.82) is 0 Å². The molecule has 3 amide bonds. The third kappa shape index (κ3) is 11.1.